The van der Waals surface area contributed by atoms with Crippen molar-refractivity contribution in [2.24, 2.45) is 0 Å². The first-order chi connectivity index (χ1) is 10.7. The Morgan fingerprint density at radius 3 is 2.18 bits per heavy atom. The summed E-state index contributed by atoms with van der Waals surface area (Å²) in [5.74, 6) is 2.77. The summed E-state index contributed by atoms with van der Waals surface area (Å²) in [5.41, 5.74) is 0. The molecule has 0 aliphatic rings. The highest BCUT2D eigenvalue weighted by molar-refractivity contribution is 7.99. The van der Waals surface area contributed by atoms with Gasteiger partial charge in [-0.15, -0.1) is 18.3 Å². The fourth-order valence-electron chi connectivity index (χ4n) is 1.63. The van der Waals surface area contributed by atoms with Gasteiger partial charge in [0.2, 0.25) is 0 Å². The zero-order valence-electron chi connectivity index (χ0n) is 12.2. The summed E-state index contributed by atoms with van der Waals surface area (Å²) in [6, 6.07) is 14.7. The molecule has 0 heterocycles. The standard InChI is InChI=1S/C17H17NO3S/c1-3-12-22-16-10-8-14(9-11-16)20-13-4-6-15(7-5-13)21-17(19)18-2/h3-11H,1,12H2,2H3,(H,18,19). The van der Waals surface area contributed by atoms with Crippen LogP contribution in [-0.4, -0.2) is 18.9 Å². The minimum absolute atomic E-state index is 0.461. The van der Waals surface area contributed by atoms with Crippen LogP contribution in [0.15, 0.2) is 66.1 Å². The van der Waals surface area contributed by atoms with Gasteiger partial charge in [-0.1, -0.05) is 6.08 Å². The summed E-state index contributed by atoms with van der Waals surface area (Å²) in [6.07, 6.45) is 1.37. The van der Waals surface area contributed by atoms with Gasteiger partial charge in [0.25, 0.3) is 0 Å². The molecule has 1 amide bonds. The lowest BCUT2D eigenvalue weighted by molar-refractivity contribution is 0.203. The molecule has 22 heavy (non-hydrogen) atoms. The average Bonchev–Trinajstić information content (AvgIpc) is 2.56. The van der Waals surface area contributed by atoms with Crippen molar-refractivity contribution in [3.05, 3.63) is 61.2 Å². The molecule has 114 valence electrons. The van der Waals surface area contributed by atoms with Crippen LogP contribution in [0.3, 0.4) is 0 Å². The molecule has 2 rings (SSSR count). The zero-order chi connectivity index (χ0) is 15.8. The van der Waals surface area contributed by atoms with Crippen molar-refractivity contribution in [2.75, 3.05) is 12.8 Å². The predicted molar refractivity (Wildman–Crippen MR) is 89.0 cm³/mol. The van der Waals surface area contributed by atoms with Gasteiger partial charge < -0.3 is 14.8 Å². The first-order valence-corrected chi connectivity index (χ1v) is 7.71. The number of nitrogens with one attached hydrogen (secondary N) is 1. The van der Waals surface area contributed by atoms with E-state index in [9.17, 15) is 4.79 Å². The number of thioether (sulfide) groups is 1. The molecule has 0 atom stereocenters. The number of ether oxygens (including phenoxy) is 2. The van der Waals surface area contributed by atoms with Crippen molar-refractivity contribution in [3.8, 4) is 17.2 Å². The van der Waals surface area contributed by atoms with Crippen molar-refractivity contribution in [1.82, 2.24) is 5.32 Å². The van der Waals surface area contributed by atoms with Crippen LogP contribution >= 0.6 is 11.8 Å². The molecule has 2 aromatic carbocycles. The molecule has 0 spiro atoms. The van der Waals surface area contributed by atoms with Crippen LogP contribution in [0.25, 0.3) is 0 Å². The predicted octanol–water partition coefficient (Wildman–Crippen LogP) is 4.48. The van der Waals surface area contributed by atoms with E-state index in [1.54, 1.807) is 36.0 Å². The van der Waals surface area contributed by atoms with Crippen LogP contribution in [0.5, 0.6) is 17.2 Å². The third kappa shape index (κ3) is 4.86. The normalized spacial score (nSPS) is 9.86. The maximum Gasteiger partial charge on any atom is 0.412 e. The van der Waals surface area contributed by atoms with Crippen molar-refractivity contribution < 1.29 is 14.3 Å². The Hall–Kier alpha value is -2.40. The van der Waals surface area contributed by atoms with Gasteiger partial charge in [0.05, 0.1) is 0 Å². The molecule has 0 aromatic heterocycles. The molecule has 0 aliphatic carbocycles. The molecular formula is C17H17NO3S. The fraction of sp³-hybridized carbons (Fsp3) is 0.118. The SMILES string of the molecule is C=CCSc1ccc(Oc2ccc(OC(=O)NC)cc2)cc1. The summed E-state index contributed by atoms with van der Waals surface area (Å²) >= 11 is 1.72. The van der Waals surface area contributed by atoms with Gasteiger partial charge in [-0.2, -0.15) is 0 Å². The molecule has 0 fully saturated rings. The second-order valence-electron chi connectivity index (χ2n) is 4.28. The Morgan fingerprint density at radius 1 is 1.09 bits per heavy atom. The lowest BCUT2D eigenvalue weighted by Crippen LogP contribution is -2.21. The monoisotopic (exact) mass is 315 g/mol. The number of carbonyl (C=O) groups is 1. The first-order valence-electron chi connectivity index (χ1n) is 6.72. The van der Waals surface area contributed by atoms with Gasteiger partial charge in [0, 0.05) is 17.7 Å². The minimum Gasteiger partial charge on any atom is -0.457 e. The number of hydrogen-bond acceptors (Lipinski definition) is 4. The second kappa shape index (κ2) is 8.14. The smallest absolute Gasteiger partial charge is 0.412 e. The molecule has 0 unspecified atom stereocenters. The van der Waals surface area contributed by atoms with E-state index < -0.39 is 6.09 Å². The maximum absolute atomic E-state index is 11.1. The molecular weight excluding hydrogens is 298 g/mol. The van der Waals surface area contributed by atoms with Gasteiger partial charge in [-0.3, -0.25) is 0 Å². The Balaban J connectivity index is 1.95. The van der Waals surface area contributed by atoms with Crippen LogP contribution in [-0.2, 0) is 0 Å². The average molecular weight is 315 g/mol. The lowest BCUT2D eigenvalue weighted by atomic mass is 10.3. The van der Waals surface area contributed by atoms with Crippen molar-refractivity contribution in [1.29, 1.82) is 0 Å². The van der Waals surface area contributed by atoms with Crippen molar-refractivity contribution >= 4 is 17.9 Å². The molecule has 0 saturated carbocycles. The van der Waals surface area contributed by atoms with Crippen LogP contribution in [0.1, 0.15) is 0 Å². The maximum atomic E-state index is 11.1. The van der Waals surface area contributed by atoms with E-state index in [4.69, 9.17) is 9.47 Å². The Bertz CT molecular complexity index is 623. The van der Waals surface area contributed by atoms with Crippen LogP contribution in [0, 0.1) is 0 Å². The number of amides is 1. The van der Waals surface area contributed by atoms with Crippen LogP contribution in [0.4, 0.5) is 4.79 Å². The number of benzene rings is 2. The van der Waals surface area contributed by atoms with E-state index in [1.165, 1.54) is 11.9 Å². The summed E-state index contributed by atoms with van der Waals surface area (Å²) in [7, 11) is 1.51. The van der Waals surface area contributed by atoms with Crippen molar-refractivity contribution in [3.63, 3.8) is 0 Å². The molecule has 0 radical (unpaired) electrons. The van der Waals surface area contributed by atoms with E-state index >= 15 is 0 Å². The first kappa shape index (κ1) is 16.0. The van der Waals surface area contributed by atoms with Crippen molar-refractivity contribution in [2.45, 2.75) is 4.90 Å². The number of rotatable bonds is 6. The molecule has 0 saturated heterocycles. The Kier molecular flexibility index (Phi) is 5.91. The number of carbonyl (C=O) groups excluding carboxylic acids is 1. The molecule has 5 heteroatoms. The second-order valence-corrected chi connectivity index (χ2v) is 5.38. The van der Waals surface area contributed by atoms with Gasteiger partial charge >= 0.3 is 6.09 Å². The molecule has 1 N–H and O–H groups in total. The number of hydrogen-bond donors (Lipinski definition) is 1. The van der Waals surface area contributed by atoms with E-state index in [1.807, 2.05) is 30.3 Å². The highest BCUT2D eigenvalue weighted by atomic mass is 32.2. The summed E-state index contributed by atoms with van der Waals surface area (Å²) in [4.78, 5) is 12.3. The van der Waals surface area contributed by atoms with Gasteiger partial charge in [0.1, 0.15) is 17.2 Å². The van der Waals surface area contributed by atoms with E-state index in [-0.39, 0.29) is 0 Å². The summed E-state index contributed by atoms with van der Waals surface area (Å²) in [6.45, 7) is 3.70. The molecule has 2 aromatic rings. The van der Waals surface area contributed by atoms with E-state index in [0.29, 0.717) is 11.5 Å². The zero-order valence-corrected chi connectivity index (χ0v) is 13.1. The van der Waals surface area contributed by atoms with Crippen LogP contribution < -0.4 is 14.8 Å². The highest BCUT2D eigenvalue weighted by Crippen LogP contribution is 2.26. The topological polar surface area (TPSA) is 47.6 Å². The summed E-state index contributed by atoms with van der Waals surface area (Å²) in [5, 5.41) is 2.39. The molecule has 0 bridgehead atoms. The minimum atomic E-state index is -0.499. The van der Waals surface area contributed by atoms with Crippen LogP contribution in [0.2, 0.25) is 0 Å². The van der Waals surface area contributed by atoms with E-state index in [0.717, 1.165) is 11.5 Å². The largest absolute Gasteiger partial charge is 0.457 e. The third-order valence-corrected chi connectivity index (χ3v) is 3.67. The molecule has 0 aliphatic heterocycles. The lowest BCUT2D eigenvalue weighted by Gasteiger charge is -2.08. The highest BCUT2D eigenvalue weighted by Gasteiger charge is 2.02. The third-order valence-electron chi connectivity index (χ3n) is 2.67. The van der Waals surface area contributed by atoms with Gasteiger partial charge in [-0.25, -0.2) is 4.79 Å². The fourth-order valence-corrected chi connectivity index (χ4v) is 2.27. The van der Waals surface area contributed by atoms with Gasteiger partial charge in [-0.05, 0) is 48.5 Å². The quantitative estimate of drug-likeness (QED) is 0.631. The molecule has 4 nitrogen and oxygen atoms in total. The Labute approximate surface area is 134 Å². The van der Waals surface area contributed by atoms with Gasteiger partial charge in [0.15, 0.2) is 0 Å². The Morgan fingerprint density at radius 2 is 1.64 bits per heavy atom. The summed E-state index contributed by atoms with van der Waals surface area (Å²) < 4.78 is 10.7. The van der Waals surface area contributed by atoms with E-state index in [2.05, 4.69) is 11.9 Å².